The zero-order chi connectivity index (χ0) is 23.1. The van der Waals surface area contributed by atoms with E-state index in [0.29, 0.717) is 10.4 Å². The van der Waals surface area contributed by atoms with Crippen LogP contribution >= 0.6 is 22.9 Å². The van der Waals surface area contributed by atoms with Crippen LogP contribution in [0.2, 0.25) is 0 Å². The molecule has 33 heavy (non-hydrogen) atoms. The molecule has 2 aromatic rings. The Kier molecular flexibility index (Phi) is 6.20. The van der Waals surface area contributed by atoms with Crippen LogP contribution < -0.4 is 5.73 Å². The van der Waals surface area contributed by atoms with Gasteiger partial charge in [0, 0.05) is 29.4 Å². The Bertz CT molecular complexity index is 1070. The van der Waals surface area contributed by atoms with E-state index in [4.69, 9.17) is 22.1 Å². The quantitative estimate of drug-likeness (QED) is 0.647. The van der Waals surface area contributed by atoms with Crippen molar-refractivity contribution in [3.63, 3.8) is 0 Å². The van der Waals surface area contributed by atoms with Crippen LogP contribution in [0.3, 0.4) is 0 Å². The standard InChI is InChI=1S/C23H25ClN4O4S/c24-15-9-28(19-16(29)10-32-20(15)19)23(31)18(12-4-2-1-3-5-12)14-6-17(33-21(14)22(25)30)13-7-26-11-27-8-13/h6-8,11-12,15,18-20H,1-5,9-10H2,(H2,25,30)/t15-,18-,19+,20+/m0/s1. The molecule has 0 aromatic carbocycles. The van der Waals surface area contributed by atoms with E-state index in [9.17, 15) is 14.4 Å². The number of carbonyl (C=O) groups is 3. The molecule has 3 aliphatic rings. The average Bonchev–Trinajstić information content (AvgIpc) is 3.52. The lowest BCUT2D eigenvalue weighted by Crippen LogP contribution is -2.46. The molecule has 2 amide bonds. The Morgan fingerprint density at radius 3 is 2.64 bits per heavy atom. The van der Waals surface area contributed by atoms with Crippen molar-refractivity contribution in [3.05, 3.63) is 35.2 Å². The van der Waals surface area contributed by atoms with Crippen LogP contribution in [0.15, 0.2) is 24.8 Å². The highest BCUT2D eigenvalue weighted by Gasteiger charge is 2.53. The Hall–Kier alpha value is -2.36. The van der Waals surface area contributed by atoms with E-state index < -0.39 is 29.3 Å². The first-order valence-corrected chi connectivity index (χ1v) is 12.5. The van der Waals surface area contributed by atoms with Crippen molar-refractivity contribution in [1.29, 1.82) is 0 Å². The third kappa shape index (κ3) is 4.06. The second-order valence-electron chi connectivity index (χ2n) is 8.96. The van der Waals surface area contributed by atoms with E-state index in [1.807, 2.05) is 6.07 Å². The monoisotopic (exact) mass is 488 g/mol. The van der Waals surface area contributed by atoms with Crippen molar-refractivity contribution < 1.29 is 19.1 Å². The van der Waals surface area contributed by atoms with Crippen LogP contribution in [-0.2, 0) is 14.3 Å². The molecule has 1 saturated carbocycles. The molecule has 2 saturated heterocycles. The van der Waals surface area contributed by atoms with Crippen molar-refractivity contribution in [3.8, 4) is 10.4 Å². The molecule has 0 spiro atoms. The fraction of sp³-hybridized carbons (Fsp3) is 0.522. The summed E-state index contributed by atoms with van der Waals surface area (Å²) in [4.78, 5) is 50.0. The van der Waals surface area contributed by atoms with Crippen LogP contribution in [0, 0.1) is 5.92 Å². The molecule has 0 radical (unpaired) electrons. The number of halogens is 1. The van der Waals surface area contributed by atoms with E-state index in [2.05, 4.69) is 9.97 Å². The van der Waals surface area contributed by atoms with Crippen LogP contribution in [0.25, 0.3) is 10.4 Å². The molecule has 3 fully saturated rings. The molecule has 0 unspecified atom stereocenters. The minimum Gasteiger partial charge on any atom is -0.366 e. The Morgan fingerprint density at radius 1 is 1.21 bits per heavy atom. The molecule has 5 rings (SSSR count). The number of thiophene rings is 1. The second kappa shape index (κ2) is 9.12. The summed E-state index contributed by atoms with van der Waals surface area (Å²) < 4.78 is 5.58. The summed E-state index contributed by atoms with van der Waals surface area (Å²) in [6.07, 6.45) is 9.23. The number of nitrogens with two attached hydrogens (primary N) is 1. The molecule has 2 aromatic heterocycles. The Morgan fingerprint density at radius 2 is 1.94 bits per heavy atom. The van der Waals surface area contributed by atoms with E-state index in [0.717, 1.165) is 42.5 Å². The number of primary amides is 1. The maximum absolute atomic E-state index is 14.1. The predicted molar refractivity (Wildman–Crippen MR) is 123 cm³/mol. The highest BCUT2D eigenvalue weighted by molar-refractivity contribution is 7.17. The van der Waals surface area contributed by atoms with Gasteiger partial charge in [0.05, 0.1) is 16.2 Å². The number of fused-ring (bicyclic) bond motifs is 1. The summed E-state index contributed by atoms with van der Waals surface area (Å²) in [5, 5.41) is -0.437. The first kappa shape index (κ1) is 22.4. The maximum atomic E-state index is 14.1. The summed E-state index contributed by atoms with van der Waals surface area (Å²) in [6, 6.07) is 1.21. The lowest BCUT2D eigenvalue weighted by atomic mass is 9.75. The zero-order valence-electron chi connectivity index (χ0n) is 18.0. The topological polar surface area (TPSA) is 115 Å². The number of amides is 2. The Labute approximate surface area is 200 Å². The van der Waals surface area contributed by atoms with Crippen LogP contribution in [0.4, 0.5) is 0 Å². The highest BCUT2D eigenvalue weighted by Crippen LogP contribution is 2.44. The van der Waals surface area contributed by atoms with Crippen LogP contribution in [0.5, 0.6) is 0 Å². The zero-order valence-corrected chi connectivity index (χ0v) is 19.6. The molecular formula is C23H25ClN4O4S. The van der Waals surface area contributed by atoms with Gasteiger partial charge in [0.15, 0.2) is 5.78 Å². The van der Waals surface area contributed by atoms with Gasteiger partial charge in [-0.15, -0.1) is 22.9 Å². The van der Waals surface area contributed by atoms with E-state index in [1.54, 1.807) is 17.3 Å². The van der Waals surface area contributed by atoms with Gasteiger partial charge >= 0.3 is 0 Å². The van der Waals surface area contributed by atoms with E-state index >= 15 is 0 Å². The highest BCUT2D eigenvalue weighted by atomic mass is 35.5. The van der Waals surface area contributed by atoms with Gasteiger partial charge in [0.2, 0.25) is 5.91 Å². The van der Waals surface area contributed by atoms with Crippen LogP contribution in [0.1, 0.15) is 53.3 Å². The number of alkyl halides is 1. The number of hydrogen-bond donors (Lipinski definition) is 1. The van der Waals surface area contributed by atoms with Gasteiger partial charge in [-0.25, -0.2) is 9.97 Å². The smallest absolute Gasteiger partial charge is 0.259 e. The number of carbonyl (C=O) groups excluding carboxylic acids is 3. The number of ether oxygens (including phenoxy) is 1. The van der Waals surface area contributed by atoms with Gasteiger partial charge in [-0.2, -0.15) is 0 Å². The maximum Gasteiger partial charge on any atom is 0.259 e. The number of hydrogen-bond acceptors (Lipinski definition) is 7. The van der Waals surface area contributed by atoms with Crippen molar-refractivity contribution in [2.75, 3.05) is 13.2 Å². The molecule has 8 nitrogen and oxygen atoms in total. The van der Waals surface area contributed by atoms with Crippen molar-refractivity contribution in [2.24, 2.45) is 11.7 Å². The predicted octanol–water partition coefficient (Wildman–Crippen LogP) is 2.75. The van der Waals surface area contributed by atoms with E-state index in [1.165, 1.54) is 17.7 Å². The van der Waals surface area contributed by atoms with Crippen molar-refractivity contribution >= 4 is 40.5 Å². The molecular weight excluding hydrogens is 464 g/mol. The van der Waals surface area contributed by atoms with Gasteiger partial charge in [-0.1, -0.05) is 19.3 Å². The number of rotatable bonds is 5. The average molecular weight is 489 g/mol. The first-order chi connectivity index (χ1) is 16.0. The SMILES string of the molecule is NC(=O)c1sc(-c2cncnc2)cc1[C@@H](C(=O)N1C[C@H](Cl)[C@H]2OCC(=O)[C@H]21)C1CCCCC1. The third-order valence-corrected chi connectivity index (χ3v) is 8.56. The minimum absolute atomic E-state index is 0.0282. The molecule has 4 heterocycles. The third-order valence-electron chi connectivity index (χ3n) is 6.96. The first-order valence-electron chi connectivity index (χ1n) is 11.2. The van der Waals surface area contributed by atoms with E-state index in [-0.39, 0.29) is 30.8 Å². The van der Waals surface area contributed by atoms with Gasteiger partial charge < -0.3 is 15.4 Å². The van der Waals surface area contributed by atoms with Gasteiger partial charge in [-0.3, -0.25) is 14.4 Å². The molecule has 4 atom stereocenters. The van der Waals surface area contributed by atoms with Gasteiger partial charge in [0.1, 0.15) is 25.1 Å². The summed E-state index contributed by atoms with van der Waals surface area (Å²) in [5.41, 5.74) is 7.16. The molecule has 2 aliphatic heterocycles. The van der Waals surface area contributed by atoms with Crippen molar-refractivity contribution in [1.82, 2.24) is 14.9 Å². The summed E-state index contributed by atoms with van der Waals surface area (Å²) in [6.45, 7) is 0.222. The lowest BCUT2D eigenvalue weighted by Gasteiger charge is -2.34. The Balaban J connectivity index is 1.57. The summed E-state index contributed by atoms with van der Waals surface area (Å²) in [7, 11) is 0. The number of aromatic nitrogens is 2. The molecule has 1 aliphatic carbocycles. The number of nitrogens with zero attached hydrogens (tertiary/aromatic N) is 3. The fourth-order valence-electron chi connectivity index (χ4n) is 5.46. The summed E-state index contributed by atoms with van der Waals surface area (Å²) in [5.74, 6) is -1.37. The largest absolute Gasteiger partial charge is 0.366 e. The summed E-state index contributed by atoms with van der Waals surface area (Å²) >= 11 is 7.71. The second-order valence-corrected chi connectivity index (χ2v) is 10.6. The number of ketones is 1. The lowest BCUT2D eigenvalue weighted by molar-refractivity contribution is -0.139. The molecule has 10 heteroatoms. The fourth-order valence-corrected chi connectivity index (χ4v) is 6.85. The van der Waals surface area contributed by atoms with Crippen molar-refractivity contribution in [2.45, 2.75) is 55.5 Å². The minimum atomic E-state index is -0.663. The molecule has 174 valence electrons. The molecule has 2 N–H and O–H groups in total. The number of Topliss-reactive ketones (excluding diaryl/α,β-unsaturated/α-hetero) is 1. The van der Waals surface area contributed by atoms with Gasteiger partial charge in [-0.05, 0) is 30.4 Å². The van der Waals surface area contributed by atoms with Gasteiger partial charge in [0.25, 0.3) is 5.91 Å². The van der Waals surface area contributed by atoms with Crippen LogP contribution in [-0.4, -0.2) is 63.1 Å². The number of likely N-dealkylation sites (tertiary alicyclic amines) is 1. The molecule has 0 bridgehead atoms. The normalized spacial score (nSPS) is 26.4.